The van der Waals surface area contributed by atoms with E-state index >= 15 is 0 Å². The lowest BCUT2D eigenvalue weighted by Gasteiger charge is -1.93. The summed E-state index contributed by atoms with van der Waals surface area (Å²) in [5.74, 6) is -0.0464. The molecule has 0 aliphatic heterocycles. The number of rotatable bonds is 3. The van der Waals surface area contributed by atoms with Gasteiger partial charge in [-0.3, -0.25) is 0 Å². The maximum absolute atomic E-state index is 12.9. The first-order valence-corrected chi connectivity index (χ1v) is 4.51. The van der Waals surface area contributed by atoms with Crippen molar-refractivity contribution in [1.82, 2.24) is 4.98 Å². The number of oxazole rings is 1. The smallest absolute Gasteiger partial charge is 0.226 e. The SMILES string of the molecule is [N-]=[N+]=NCc1coc(-c2cccc(F)c2)n1. The fourth-order valence-corrected chi connectivity index (χ4v) is 1.24. The highest BCUT2D eigenvalue weighted by Crippen LogP contribution is 2.19. The molecule has 2 rings (SSSR count). The van der Waals surface area contributed by atoms with Crippen LogP contribution in [0.4, 0.5) is 4.39 Å². The molecule has 0 aliphatic rings. The van der Waals surface area contributed by atoms with Crippen LogP contribution in [0.25, 0.3) is 21.9 Å². The number of hydrogen-bond donors (Lipinski definition) is 0. The summed E-state index contributed by atoms with van der Waals surface area (Å²) in [4.78, 5) is 6.67. The summed E-state index contributed by atoms with van der Waals surface area (Å²) in [5, 5.41) is 3.35. The number of aromatic nitrogens is 1. The normalized spacial score (nSPS) is 9.81. The molecule has 80 valence electrons. The minimum Gasteiger partial charge on any atom is -0.444 e. The third-order valence-corrected chi connectivity index (χ3v) is 1.92. The maximum atomic E-state index is 12.9. The lowest BCUT2D eigenvalue weighted by molar-refractivity contribution is 0.570. The molecule has 6 heteroatoms. The minimum atomic E-state index is -0.354. The van der Waals surface area contributed by atoms with Gasteiger partial charge in [0.05, 0.1) is 12.2 Å². The molecule has 0 spiro atoms. The molecule has 0 fully saturated rings. The van der Waals surface area contributed by atoms with Gasteiger partial charge in [0, 0.05) is 10.5 Å². The molecule has 1 heterocycles. The second-order valence-corrected chi connectivity index (χ2v) is 3.04. The van der Waals surface area contributed by atoms with Crippen LogP contribution in [0, 0.1) is 5.82 Å². The van der Waals surface area contributed by atoms with Gasteiger partial charge in [0.15, 0.2) is 0 Å². The Morgan fingerprint density at radius 2 is 2.38 bits per heavy atom. The standard InChI is InChI=1S/C10H7FN4O/c11-8-3-1-2-7(4-8)10-14-9(6-16-10)5-13-15-12/h1-4,6H,5H2. The van der Waals surface area contributed by atoms with Crippen LogP contribution in [-0.2, 0) is 6.54 Å². The molecule has 0 atom stereocenters. The van der Waals surface area contributed by atoms with E-state index in [1.165, 1.54) is 18.4 Å². The van der Waals surface area contributed by atoms with E-state index in [-0.39, 0.29) is 12.4 Å². The summed E-state index contributed by atoms with van der Waals surface area (Å²) >= 11 is 0. The second kappa shape index (κ2) is 4.46. The molecule has 0 unspecified atom stereocenters. The predicted molar refractivity (Wildman–Crippen MR) is 54.7 cm³/mol. The van der Waals surface area contributed by atoms with Crippen molar-refractivity contribution >= 4 is 0 Å². The number of nitrogens with zero attached hydrogens (tertiary/aromatic N) is 4. The fourth-order valence-electron chi connectivity index (χ4n) is 1.24. The van der Waals surface area contributed by atoms with E-state index in [1.807, 2.05) is 0 Å². The van der Waals surface area contributed by atoms with Gasteiger partial charge >= 0.3 is 0 Å². The summed E-state index contributed by atoms with van der Waals surface area (Å²) in [7, 11) is 0. The van der Waals surface area contributed by atoms with Gasteiger partial charge in [-0.15, -0.1) is 0 Å². The van der Waals surface area contributed by atoms with Crippen LogP contribution in [0.2, 0.25) is 0 Å². The Morgan fingerprint density at radius 1 is 1.50 bits per heavy atom. The maximum Gasteiger partial charge on any atom is 0.226 e. The van der Waals surface area contributed by atoms with Crippen LogP contribution >= 0.6 is 0 Å². The largest absolute Gasteiger partial charge is 0.444 e. The van der Waals surface area contributed by atoms with E-state index in [9.17, 15) is 4.39 Å². The molecular weight excluding hydrogens is 211 g/mol. The minimum absolute atomic E-state index is 0.120. The Hall–Kier alpha value is -2.33. The van der Waals surface area contributed by atoms with Gasteiger partial charge < -0.3 is 4.42 Å². The van der Waals surface area contributed by atoms with E-state index in [0.717, 1.165) is 0 Å². The van der Waals surface area contributed by atoms with E-state index in [4.69, 9.17) is 9.95 Å². The molecule has 5 nitrogen and oxygen atoms in total. The van der Waals surface area contributed by atoms with E-state index in [2.05, 4.69) is 15.0 Å². The zero-order valence-corrected chi connectivity index (χ0v) is 8.17. The van der Waals surface area contributed by atoms with Gasteiger partial charge in [0.1, 0.15) is 12.1 Å². The lowest BCUT2D eigenvalue weighted by atomic mass is 10.2. The first-order valence-electron chi connectivity index (χ1n) is 4.51. The molecule has 0 saturated heterocycles. The Balaban J connectivity index is 2.27. The van der Waals surface area contributed by atoms with Crippen LogP contribution < -0.4 is 0 Å². The second-order valence-electron chi connectivity index (χ2n) is 3.04. The van der Waals surface area contributed by atoms with Crippen LogP contribution in [0.3, 0.4) is 0 Å². The molecule has 16 heavy (non-hydrogen) atoms. The number of hydrogen-bond acceptors (Lipinski definition) is 3. The zero-order valence-electron chi connectivity index (χ0n) is 8.17. The highest BCUT2D eigenvalue weighted by Gasteiger charge is 2.06. The van der Waals surface area contributed by atoms with Crippen molar-refractivity contribution in [3.8, 4) is 11.5 Å². The molecule has 1 aromatic carbocycles. The van der Waals surface area contributed by atoms with Crippen molar-refractivity contribution in [3.63, 3.8) is 0 Å². The zero-order chi connectivity index (χ0) is 11.4. The van der Waals surface area contributed by atoms with Gasteiger partial charge in [-0.1, -0.05) is 11.2 Å². The Morgan fingerprint density at radius 3 is 3.12 bits per heavy atom. The summed E-state index contributed by atoms with van der Waals surface area (Å²) in [6.45, 7) is 0.120. The number of halogens is 1. The van der Waals surface area contributed by atoms with Gasteiger partial charge in [-0.2, -0.15) is 0 Å². The summed E-state index contributed by atoms with van der Waals surface area (Å²) in [5.41, 5.74) is 9.20. The van der Waals surface area contributed by atoms with Crippen molar-refractivity contribution in [2.75, 3.05) is 0 Å². The Kier molecular flexibility index (Phi) is 2.84. The van der Waals surface area contributed by atoms with Crippen LogP contribution in [0.5, 0.6) is 0 Å². The lowest BCUT2D eigenvalue weighted by Crippen LogP contribution is -1.82. The van der Waals surface area contributed by atoms with Crippen LogP contribution in [0.1, 0.15) is 5.69 Å². The molecule has 0 aliphatic carbocycles. The average Bonchev–Trinajstić information content (AvgIpc) is 2.75. The Labute approximate surface area is 90.2 Å². The average molecular weight is 218 g/mol. The Bertz CT molecular complexity index is 545. The molecule has 0 saturated carbocycles. The quantitative estimate of drug-likeness (QED) is 0.450. The van der Waals surface area contributed by atoms with E-state index in [0.29, 0.717) is 17.1 Å². The summed E-state index contributed by atoms with van der Waals surface area (Å²) in [6, 6.07) is 5.92. The first kappa shape index (κ1) is 10.2. The van der Waals surface area contributed by atoms with Gasteiger partial charge in [0.25, 0.3) is 0 Å². The fraction of sp³-hybridized carbons (Fsp3) is 0.100. The van der Waals surface area contributed by atoms with Gasteiger partial charge in [0.2, 0.25) is 5.89 Å². The molecular formula is C10H7FN4O. The summed E-state index contributed by atoms with van der Waals surface area (Å²) in [6.07, 6.45) is 1.38. The molecule has 2 aromatic rings. The molecule has 0 amide bonds. The first-order chi connectivity index (χ1) is 7.79. The van der Waals surface area contributed by atoms with Gasteiger partial charge in [-0.25, -0.2) is 9.37 Å². The monoisotopic (exact) mass is 218 g/mol. The third kappa shape index (κ3) is 2.18. The molecule has 1 aromatic heterocycles. The number of azide groups is 1. The van der Waals surface area contributed by atoms with Crippen molar-refractivity contribution in [2.45, 2.75) is 6.54 Å². The van der Waals surface area contributed by atoms with Crippen molar-refractivity contribution in [3.05, 3.63) is 52.5 Å². The number of benzene rings is 1. The predicted octanol–water partition coefficient (Wildman–Crippen LogP) is 3.29. The topological polar surface area (TPSA) is 74.8 Å². The van der Waals surface area contributed by atoms with Crippen molar-refractivity contribution < 1.29 is 8.81 Å². The van der Waals surface area contributed by atoms with Crippen LogP contribution in [-0.4, -0.2) is 4.98 Å². The molecule has 0 N–H and O–H groups in total. The summed E-state index contributed by atoms with van der Waals surface area (Å²) < 4.78 is 18.1. The van der Waals surface area contributed by atoms with Crippen molar-refractivity contribution in [1.29, 1.82) is 0 Å². The highest BCUT2D eigenvalue weighted by molar-refractivity contribution is 5.52. The van der Waals surface area contributed by atoms with Crippen molar-refractivity contribution in [2.24, 2.45) is 5.11 Å². The van der Waals surface area contributed by atoms with Gasteiger partial charge in [-0.05, 0) is 23.7 Å². The van der Waals surface area contributed by atoms with Crippen LogP contribution in [0.15, 0.2) is 40.1 Å². The molecule has 0 radical (unpaired) electrons. The van der Waals surface area contributed by atoms with E-state index in [1.54, 1.807) is 12.1 Å². The molecule has 0 bridgehead atoms. The third-order valence-electron chi connectivity index (χ3n) is 1.92. The van der Waals surface area contributed by atoms with E-state index < -0.39 is 0 Å². The highest BCUT2D eigenvalue weighted by atomic mass is 19.1.